The topological polar surface area (TPSA) is 66.9 Å². The van der Waals surface area contributed by atoms with Crippen molar-refractivity contribution in [2.45, 2.75) is 6.92 Å². The number of aryl methyl sites for hydroxylation is 1. The summed E-state index contributed by atoms with van der Waals surface area (Å²) in [4.78, 5) is 20.2. The zero-order valence-electron chi connectivity index (χ0n) is 13.3. The molecule has 0 saturated carbocycles. The molecule has 0 saturated heterocycles. The molecule has 25 heavy (non-hydrogen) atoms. The van der Waals surface area contributed by atoms with Crippen LogP contribution in [-0.2, 0) is 0 Å². The van der Waals surface area contributed by atoms with Gasteiger partial charge in [0, 0.05) is 23.1 Å². The molecule has 0 aliphatic rings. The number of nitrogens with zero attached hydrogens (tertiary/aromatic N) is 2. The maximum absolute atomic E-state index is 13.6. The van der Waals surface area contributed by atoms with Crippen molar-refractivity contribution in [2.75, 3.05) is 10.6 Å². The fourth-order valence-electron chi connectivity index (χ4n) is 2.18. The highest BCUT2D eigenvalue weighted by molar-refractivity contribution is 6.04. The van der Waals surface area contributed by atoms with E-state index in [1.54, 1.807) is 30.3 Å². The number of amides is 1. The maximum atomic E-state index is 13.6. The molecule has 0 bridgehead atoms. The van der Waals surface area contributed by atoms with Gasteiger partial charge in [-0.1, -0.05) is 0 Å². The molecule has 3 rings (SSSR count). The second-order valence-corrected chi connectivity index (χ2v) is 5.33. The van der Waals surface area contributed by atoms with Gasteiger partial charge in [-0.15, -0.1) is 0 Å². The van der Waals surface area contributed by atoms with Crippen molar-refractivity contribution in [3.05, 3.63) is 77.8 Å². The fourth-order valence-corrected chi connectivity index (χ4v) is 2.18. The van der Waals surface area contributed by atoms with E-state index in [-0.39, 0.29) is 5.56 Å². The van der Waals surface area contributed by atoms with Crippen molar-refractivity contribution in [1.29, 1.82) is 0 Å². The Hall–Kier alpha value is -3.35. The predicted molar refractivity (Wildman–Crippen MR) is 90.8 cm³/mol. The lowest BCUT2D eigenvalue weighted by Crippen LogP contribution is -2.14. The largest absolute Gasteiger partial charge is 0.340 e. The fraction of sp³-hybridized carbons (Fsp3) is 0.0556. The molecule has 0 radical (unpaired) electrons. The number of rotatable bonds is 4. The van der Waals surface area contributed by atoms with Crippen LogP contribution in [0.3, 0.4) is 0 Å². The van der Waals surface area contributed by atoms with E-state index in [9.17, 15) is 13.6 Å². The first-order valence-electron chi connectivity index (χ1n) is 7.43. The highest BCUT2D eigenvalue weighted by Crippen LogP contribution is 2.19. The lowest BCUT2D eigenvalue weighted by atomic mass is 10.2. The van der Waals surface area contributed by atoms with Gasteiger partial charge in [0.05, 0.1) is 5.56 Å². The Morgan fingerprint density at radius 1 is 0.960 bits per heavy atom. The molecule has 0 spiro atoms. The van der Waals surface area contributed by atoms with E-state index in [0.29, 0.717) is 11.5 Å². The number of anilines is 3. The van der Waals surface area contributed by atoms with Gasteiger partial charge in [0.25, 0.3) is 5.91 Å². The summed E-state index contributed by atoms with van der Waals surface area (Å²) in [5, 5.41) is 5.63. The van der Waals surface area contributed by atoms with Crippen LogP contribution in [0.15, 0.2) is 54.9 Å². The summed E-state index contributed by atoms with van der Waals surface area (Å²) in [6.07, 6.45) is 1.46. The first-order chi connectivity index (χ1) is 12.0. The molecule has 1 aromatic heterocycles. The molecule has 0 aliphatic heterocycles. The second kappa shape index (κ2) is 7.04. The SMILES string of the molecule is Cc1cc(Nc2ccc(NC(=O)c3cc(F)ccc3F)cc2)ncn1. The van der Waals surface area contributed by atoms with Crippen LogP contribution in [0.25, 0.3) is 0 Å². The molecule has 3 aromatic rings. The molecule has 7 heteroatoms. The van der Waals surface area contributed by atoms with E-state index in [1.165, 1.54) is 6.33 Å². The Balaban J connectivity index is 1.70. The van der Waals surface area contributed by atoms with Crippen molar-refractivity contribution in [1.82, 2.24) is 9.97 Å². The molecule has 0 aliphatic carbocycles. The van der Waals surface area contributed by atoms with E-state index in [2.05, 4.69) is 20.6 Å². The van der Waals surface area contributed by atoms with Crippen LogP contribution in [-0.4, -0.2) is 15.9 Å². The van der Waals surface area contributed by atoms with E-state index in [0.717, 1.165) is 29.6 Å². The summed E-state index contributed by atoms with van der Waals surface area (Å²) < 4.78 is 26.8. The van der Waals surface area contributed by atoms with Crippen LogP contribution < -0.4 is 10.6 Å². The predicted octanol–water partition coefficient (Wildman–Crippen LogP) is 4.06. The van der Waals surface area contributed by atoms with Crippen molar-refractivity contribution in [3.63, 3.8) is 0 Å². The van der Waals surface area contributed by atoms with Gasteiger partial charge in [0.15, 0.2) is 0 Å². The van der Waals surface area contributed by atoms with Gasteiger partial charge in [-0.05, 0) is 49.4 Å². The summed E-state index contributed by atoms with van der Waals surface area (Å²) in [7, 11) is 0. The molecule has 126 valence electrons. The summed E-state index contributed by atoms with van der Waals surface area (Å²) in [6, 6.07) is 11.3. The highest BCUT2D eigenvalue weighted by Gasteiger charge is 2.13. The van der Waals surface area contributed by atoms with Gasteiger partial charge in [0.2, 0.25) is 0 Å². The van der Waals surface area contributed by atoms with Gasteiger partial charge >= 0.3 is 0 Å². The van der Waals surface area contributed by atoms with E-state index in [1.807, 2.05) is 6.92 Å². The summed E-state index contributed by atoms with van der Waals surface area (Å²) >= 11 is 0. The van der Waals surface area contributed by atoms with Crippen molar-refractivity contribution in [2.24, 2.45) is 0 Å². The Kier molecular flexibility index (Phi) is 4.65. The molecule has 2 aromatic carbocycles. The van der Waals surface area contributed by atoms with E-state index < -0.39 is 17.5 Å². The highest BCUT2D eigenvalue weighted by atomic mass is 19.1. The number of halogens is 2. The summed E-state index contributed by atoms with van der Waals surface area (Å²) in [5.74, 6) is -1.53. The average molecular weight is 340 g/mol. The minimum absolute atomic E-state index is 0.348. The third-order valence-corrected chi connectivity index (χ3v) is 3.39. The van der Waals surface area contributed by atoms with Crippen LogP contribution in [0.1, 0.15) is 16.1 Å². The van der Waals surface area contributed by atoms with Gasteiger partial charge in [-0.2, -0.15) is 0 Å². The minimum Gasteiger partial charge on any atom is -0.340 e. The number of carbonyl (C=O) groups excluding carboxylic acids is 1. The summed E-state index contributed by atoms with van der Waals surface area (Å²) in [6.45, 7) is 1.86. The first-order valence-corrected chi connectivity index (χ1v) is 7.43. The van der Waals surface area contributed by atoms with Gasteiger partial charge in [-0.3, -0.25) is 4.79 Å². The lowest BCUT2D eigenvalue weighted by Gasteiger charge is -2.09. The number of hydrogen-bond donors (Lipinski definition) is 2. The summed E-state index contributed by atoms with van der Waals surface area (Å²) in [5.41, 5.74) is 1.70. The van der Waals surface area contributed by atoms with Crippen LogP contribution in [0, 0.1) is 18.6 Å². The van der Waals surface area contributed by atoms with Crippen molar-refractivity contribution < 1.29 is 13.6 Å². The molecule has 1 heterocycles. The van der Waals surface area contributed by atoms with Crippen LogP contribution in [0.4, 0.5) is 26.0 Å². The van der Waals surface area contributed by atoms with Crippen molar-refractivity contribution >= 4 is 23.1 Å². The zero-order chi connectivity index (χ0) is 17.8. The Bertz CT molecular complexity index is 913. The van der Waals surface area contributed by atoms with Crippen LogP contribution in [0.5, 0.6) is 0 Å². The Morgan fingerprint density at radius 2 is 1.68 bits per heavy atom. The molecule has 1 amide bonds. The number of carbonyl (C=O) groups is 1. The molecule has 0 atom stereocenters. The molecular weight excluding hydrogens is 326 g/mol. The number of aromatic nitrogens is 2. The second-order valence-electron chi connectivity index (χ2n) is 5.33. The smallest absolute Gasteiger partial charge is 0.258 e. The van der Waals surface area contributed by atoms with Crippen molar-refractivity contribution in [3.8, 4) is 0 Å². The lowest BCUT2D eigenvalue weighted by molar-refractivity contribution is 0.102. The Morgan fingerprint density at radius 3 is 2.40 bits per heavy atom. The average Bonchev–Trinajstić information content (AvgIpc) is 2.59. The number of nitrogens with one attached hydrogen (secondary N) is 2. The van der Waals surface area contributed by atoms with Crippen LogP contribution in [0.2, 0.25) is 0 Å². The van der Waals surface area contributed by atoms with E-state index >= 15 is 0 Å². The number of benzene rings is 2. The van der Waals surface area contributed by atoms with Gasteiger partial charge < -0.3 is 10.6 Å². The zero-order valence-corrected chi connectivity index (χ0v) is 13.3. The molecule has 5 nitrogen and oxygen atoms in total. The third-order valence-electron chi connectivity index (χ3n) is 3.39. The monoisotopic (exact) mass is 340 g/mol. The van der Waals surface area contributed by atoms with Gasteiger partial charge in [0.1, 0.15) is 23.8 Å². The van der Waals surface area contributed by atoms with Crippen LogP contribution >= 0.6 is 0 Å². The molecule has 0 unspecified atom stereocenters. The molecule has 0 fully saturated rings. The standard InChI is InChI=1S/C18H14F2N4O/c1-11-8-17(22-10-21-11)23-13-3-5-14(6-4-13)24-18(25)15-9-12(19)2-7-16(15)20/h2-10H,1H3,(H,24,25)(H,21,22,23). The molecule has 2 N–H and O–H groups in total. The third kappa shape index (κ3) is 4.14. The Labute approximate surface area is 142 Å². The maximum Gasteiger partial charge on any atom is 0.258 e. The minimum atomic E-state index is -0.781. The first kappa shape index (κ1) is 16.5. The molecular formula is C18H14F2N4O. The van der Waals surface area contributed by atoms with E-state index in [4.69, 9.17) is 0 Å². The van der Waals surface area contributed by atoms with Gasteiger partial charge in [-0.25, -0.2) is 18.7 Å². The number of hydrogen-bond acceptors (Lipinski definition) is 4. The quantitative estimate of drug-likeness (QED) is 0.752. The normalized spacial score (nSPS) is 10.4.